The predicted molar refractivity (Wildman–Crippen MR) is 445 cm³/mol. The summed E-state index contributed by atoms with van der Waals surface area (Å²) in [5, 5.41) is 47.6. The molecule has 119 heavy (non-hydrogen) atoms. The third-order valence-corrected chi connectivity index (χ3v) is 21.5. The molecule has 0 atom stereocenters. The lowest BCUT2D eigenvalue weighted by Crippen LogP contribution is -2.35. The Kier molecular flexibility index (Phi) is 27.1. The van der Waals surface area contributed by atoms with Gasteiger partial charge >= 0.3 is 6.18 Å². The van der Waals surface area contributed by atoms with Gasteiger partial charge in [0.25, 0.3) is 0 Å². The molecule has 24 nitrogen and oxygen atoms in total. The van der Waals surface area contributed by atoms with E-state index in [-0.39, 0.29) is 62.6 Å². The number of hydrogen-bond donors (Lipinski definition) is 5. The molecule has 5 aliphatic heterocycles. The second-order valence-corrected chi connectivity index (χ2v) is 29.9. The monoisotopic (exact) mass is 1620 g/mol. The first kappa shape index (κ1) is 84.0. The van der Waals surface area contributed by atoms with Crippen LogP contribution in [0, 0.1) is 13.8 Å². The number of ether oxygens (including phenoxy) is 4. The second-order valence-electron chi connectivity index (χ2n) is 29.9. The molecule has 0 radical (unpaired) electrons. The maximum Gasteiger partial charge on any atom is 0.416 e. The summed E-state index contributed by atoms with van der Waals surface area (Å²) in [6, 6.07) is 60.7. The molecule has 0 unspecified atom stereocenters. The van der Waals surface area contributed by atoms with E-state index in [2.05, 4.69) is 69.8 Å². The van der Waals surface area contributed by atoms with E-state index in [1.165, 1.54) is 83.4 Å². The van der Waals surface area contributed by atoms with Gasteiger partial charge in [-0.1, -0.05) is 103 Å². The van der Waals surface area contributed by atoms with Gasteiger partial charge in [-0.3, -0.25) is 48.5 Å². The summed E-state index contributed by atoms with van der Waals surface area (Å²) in [5.74, 6) is 3.79. The topological polar surface area (TPSA) is 264 Å². The zero-order chi connectivity index (χ0) is 83.9. The number of hydrogen-bond acceptors (Lipinski definition) is 19. The summed E-state index contributed by atoms with van der Waals surface area (Å²) in [6.45, 7) is 18.3. The van der Waals surface area contributed by atoms with Gasteiger partial charge in [-0.05, 0) is 114 Å². The molecule has 618 valence electrons. The third kappa shape index (κ3) is 22.0. The van der Waals surface area contributed by atoms with E-state index in [1.54, 1.807) is 37.1 Å². The van der Waals surface area contributed by atoms with Crippen molar-refractivity contribution in [2.24, 2.45) is 0 Å². The van der Waals surface area contributed by atoms with Crippen LogP contribution in [0.4, 0.5) is 13.2 Å². The summed E-state index contributed by atoms with van der Waals surface area (Å²) < 4.78 is 71.3. The molecule has 0 saturated carbocycles. The molecule has 0 saturated heterocycles. The van der Waals surface area contributed by atoms with E-state index < -0.39 is 17.2 Å². The minimum Gasteiger partial charge on any atom is -0.503 e. The van der Waals surface area contributed by atoms with Crippen LogP contribution in [0.15, 0.2) is 255 Å². The first-order chi connectivity index (χ1) is 57.3. The van der Waals surface area contributed by atoms with Gasteiger partial charge < -0.3 is 67.3 Å². The van der Waals surface area contributed by atoms with Gasteiger partial charge in [0.2, 0.25) is 27.1 Å². The number of nitrogens with zero attached hydrogens (tertiary/aromatic N) is 10. The quantitative estimate of drug-likeness (QED) is 0.0602. The normalized spacial score (nSPS) is 14.5. The van der Waals surface area contributed by atoms with Crippen LogP contribution in [0.3, 0.4) is 0 Å². The molecular weight excluding hydrogens is 1530 g/mol. The molecule has 0 spiro atoms. The fourth-order valence-corrected chi connectivity index (χ4v) is 15.0. The van der Waals surface area contributed by atoms with E-state index >= 15 is 0 Å². The number of pyridine rings is 5. The summed E-state index contributed by atoms with van der Waals surface area (Å²) >= 11 is 0. The number of alkyl halides is 3. The molecule has 7 aromatic carbocycles. The maximum absolute atomic E-state index is 13.0. The van der Waals surface area contributed by atoms with Crippen LogP contribution in [0.2, 0.25) is 0 Å². The van der Waals surface area contributed by atoms with Crippen molar-refractivity contribution in [2.75, 3.05) is 46.9 Å². The third-order valence-electron chi connectivity index (χ3n) is 21.5. The lowest BCUT2D eigenvalue weighted by molar-refractivity contribution is -0.138. The molecule has 0 fully saturated rings. The predicted octanol–water partition coefficient (Wildman–Crippen LogP) is 13.1. The summed E-state index contributed by atoms with van der Waals surface area (Å²) in [4.78, 5) is 69.0. The molecule has 5 aliphatic rings. The van der Waals surface area contributed by atoms with Crippen LogP contribution in [-0.4, -0.2) is 120 Å². The number of aryl methyl sites for hydroxylation is 1. The van der Waals surface area contributed by atoms with Gasteiger partial charge in [0, 0.05) is 190 Å². The molecule has 5 N–H and O–H groups in total. The van der Waals surface area contributed by atoms with Crippen LogP contribution in [0.25, 0.3) is 0 Å². The summed E-state index contributed by atoms with van der Waals surface area (Å²) in [5.41, 5.74) is 9.57. The number of fused-ring (bicyclic) bond motifs is 5. The van der Waals surface area contributed by atoms with Gasteiger partial charge in [-0.2, -0.15) is 13.2 Å². The Labute approximate surface area is 685 Å². The SMILES string of the molecule is COc1cccc(OC)c1CN1CCn2cc(O)c(=O)cc2C1.Cc1cccc(CN2CCn3cc(O)c(=O)cc3C2)c1C.O=c1cc2n(cc1O)CCN(Cc1ccc(Oc3ccccc3)cc1)C2.O=c1cc2n(cc1O)CCN(Cc1cccc(Oc3ccccc3)c1)C2.O=c1cc2n(cc1O)CCN(Cc1ccccc1C(F)(F)F)C2. The van der Waals surface area contributed by atoms with Crippen molar-refractivity contribution in [2.45, 2.75) is 118 Å². The number of aromatic nitrogens is 5. The fraction of sp³-hybridized carbons (Fsp3) is 0.272. The van der Waals surface area contributed by atoms with Crippen LogP contribution in [-0.2, 0) is 104 Å². The molecule has 5 aromatic heterocycles. The van der Waals surface area contributed by atoms with E-state index in [1.807, 2.05) is 132 Å². The first-order valence-electron chi connectivity index (χ1n) is 39.1. The maximum atomic E-state index is 13.0. The Morgan fingerprint density at radius 3 is 1.07 bits per heavy atom. The molecule has 17 rings (SSSR count). The van der Waals surface area contributed by atoms with Gasteiger partial charge in [0.15, 0.2) is 28.7 Å². The minimum absolute atomic E-state index is 0.157. The highest BCUT2D eigenvalue weighted by Gasteiger charge is 2.34. The van der Waals surface area contributed by atoms with Crippen molar-refractivity contribution < 1.29 is 57.7 Å². The van der Waals surface area contributed by atoms with Gasteiger partial charge in [0.1, 0.15) is 34.5 Å². The van der Waals surface area contributed by atoms with Crippen molar-refractivity contribution in [3.8, 4) is 63.2 Å². The highest BCUT2D eigenvalue weighted by atomic mass is 19.4. The van der Waals surface area contributed by atoms with E-state index in [0.717, 1.165) is 153 Å². The standard InChI is InChI=1S/2C21H20N2O3.C17H20N2O4.C17H20N2O2.C16H15F3N2O2/c24-20-12-17-14-22(9-10-23(17)15-21(20)25)13-16-5-4-8-19(11-16)26-18-6-2-1-3-7-18;24-20-12-17-14-22(10-11-23(17)15-21(20)25)13-16-6-8-19(9-7-16)26-18-4-2-1-3-5-18;1-22-16-4-3-5-17(23-2)13(16)10-18-6-7-19-11-15(21)14(20)8-12(19)9-18;1-12-4-3-5-14(13(12)2)9-18-6-7-19-11-17(21)16(20)8-15(19)10-18;17-16(18,19)13-4-2-1-3-11(13)8-20-5-6-21-10-15(23)14(22)7-12(21)9-20/h1-8,11-12,15,25H,9-10,13-14H2;1-9,12,15,25H,10-11,13-14H2;3-5,8,11,21H,6-7,9-10H2,1-2H3;3-5,8,11,21H,6-7,9-10H2,1-2H3;1-4,7,10,23H,5-6,8-9H2. The molecule has 27 heteroatoms. The highest BCUT2D eigenvalue weighted by molar-refractivity contribution is 5.45. The van der Waals surface area contributed by atoms with E-state index in [0.29, 0.717) is 51.5 Å². The Morgan fingerprint density at radius 1 is 0.328 bits per heavy atom. The van der Waals surface area contributed by atoms with Gasteiger partial charge in [0.05, 0.1) is 56.3 Å². The van der Waals surface area contributed by atoms with Crippen molar-refractivity contribution in [3.63, 3.8) is 0 Å². The lowest BCUT2D eigenvalue weighted by Gasteiger charge is -2.30. The number of halogens is 3. The summed E-state index contributed by atoms with van der Waals surface area (Å²) in [6.07, 6.45) is 3.12. The van der Waals surface area contributed by atoms with Crippen molar-refractivity contribution >= 4 is 0 Å². The molecule has 12 aromatic rings. The zero-order valence-corrected chi connectivity index (χ0v) is 66.6. The number of rotatable bonds is 16. The van der Waals surface area contributed by atoms with E-state index in [9.17, 15) is 62.7 Å². The molecule has 0 aliphatic carbocycles. The fourth-order valence-electron chi connectivity index (χ4n) is 15.0. The van der Waals surface area contributed by atoms with Crippen molar-refractivity contribution in [1.29, 1.82) is 0 Å². The molecule has 10 heterocycles. The second kappa shape index (κ2) is 38.4. The number of benzene rings is 7. The average molecular weight is 1620 g/mol. The van der Waals surface area contributed by atoms with Crippen LogP contribution in [0.1, 0.15) is 73.0 Å². The van der Waals surface area contributed by atoms with Crippen LogP contribution < -0.4 is 46.1 Å². The summed E-state index contributed by atoms with van der Waals surface area (Å²) in [7, 11) is 3.29. The number of para-hydroxylation sites is 2. The number of methoxy groups -OCH3 is 2. The van der Waals surface area contributed by atoms with Gasteiger partial charge in [-0.15, -0.1) is 0 Å². The minimum atomic E-state index is -4.38. The highest BCUT2D eigenvalue weighted by Crippen LogP contribution is 2.35. The lowest BCUT2D eigenvalue weighted by atomic mass is 10.0. The average Bonchev–Trinajstić information content (AvgIpc) is 0.800. The molecule has 0 bridgehead atoms. The smallest absolute Gasteiger partial charge is 0.416 e. The Balaban J connectivity index is 0.000000129. The van der Waals surface area contributed by atoms with Crippen molar-refractivity contribution in [1.82, 2.24) is 47.3 Å². The van der Waals surface area contributed by atoms with Crippen LogP contribution in [0.5, 0.6) is 63.2 Å². The molecular formula is C92H95F3N10O14. The Morgan fingerprint density at radius 2 is 0.655 bits per heavy atom. The number of aromatic hydroxyl groups is 5. The van der Waals surface area contributed by atoms with Gasteiger partial charge in [-0.25, -0.2) is 0 Å². The largest absolute Gasteiger partial charge is 0.503 e. The van der Waals surface area contributed by atoms with Crippen molar-refractivity contribution in [3.05, 3.63) is 355 Å². The van der Waals surface area contributed by atoms with Crippen LogP contribution >= 0.6 is 0 Å². The Hall–Kier alpha value is -12.9. The molecule has 0 amide bonds. The first-order valence-corrected chi connectivity index (χ1v) is 39.1. The van der Waals surface area contributed by atoms with E-state index in [4.69, 9.17) is 18.9 Å². The Bertz CT molecular complexity index is 5840. The zero-order valence-electron chi connectivity index (χ0n) is 66.6.